The molecule has 1 nitrogen and oxygen atoms in total. The van der Waals surface area contributed by atoms with Crippen LogP contribution in [0.1, 0.15) is 0 Å². The number of benzene rings is 5. The number of rotatable bonds is 4. The second kappa shape index (κ2) is 7.88. The molecule has 0 heterocycles. The number of hydrogen-bond acceptors (Lipinski definition) is 1. The largest absolute Gasteiger partial charge is 0.345 e. The van der Waals surface area contributed by atoms with Crippen LogP contribution in [-0.4, -0.2) is 7.05 Å². The van der Waals surface area contributed by atoms with Gasteiger partial charge in [-0.25, -0.2) is 0 Å². The van der Waals surface area contributed by atoms with Gasteiger partial charge in [-0.15, -0.1) is 0 Å². The first-order valence-corrected chi connectivity index (χ1v) is 10.3. The molecule has 0 amide bonds. The second-order valence-corrected chi connectivity index (χ2v) is 7.59. The van der Waals surface area contributed by atoms with Crippen LogP contribution in [0.15, 0.2) is 121 Å². The molecule has 0 bridgehead atoms. The van der Waals surface area contributed by atoms with Gasteiger partial charge in [-0.1, -0.05) is 91.0 Å². The van der Waals surface area contributed by atoms with E-state index >= 15 is 0 Å². The highest BCUT2D eigenvalue weighted by Crippen LogP contribution is 2.32. The lowest BCUT2D eigenvalue weighted by Gasteiger charge is -2.21. The van der Waals surface area contributed by atoms with E-state index in [0.717, 1.165) is 0 Å². The maximum Gasteiger partial charge on any atom is 0.0414 e. The molecule has 0 atom stereocenters. The summed E-state index contributed by atoms with van der Waals surface area (Å²) in [6.45, 7) is 0. The van der Waals surface area contributed by atoms with Crippen molar-refractivity contribution in [1.29, 1.82) is 0 Å². The lowest BCUT2D eigenvalue weighted by Crippen LogP contribution is -2.09. The van der Waals surface area contributed by atoms with Gasteiger partial charge in [0.25, 0.3) is 0 Å². The van der Waals surface area contributed by atoms with Crippen molar-refractivity contribution in [3.05, 3.63) is 121 Å². The van der Waals surface area contributed by atoms with Crippen molar-refractivity contribution in [1.82, 2.24) is 0 Å². The van der Waals surface area contributed by atoms with Crippen molar-refractivity contribution in [2.24, 2.45) is 0 Å². The second-order valence-electron chi connectivity index (χ2n) is 7.59. The molecule has 30 heavy (non-hydrogen) atoms. The standard InChI is InChI=1S/C29H23N/c1-30(28-14-8-13-24(20-28)22-9-4-2-5-10-22)29-18-17-26-19-25(15-16-27(26)21-29)23-11-6-3-7-12-23/h2-21H,1H3. The molecule has 0 aliphatic carbocycles. The fourth-order valence-corrected chi connectivity index (χ4v) is 3.93. The molecule has 0 aliphatic rings. The van der Waals surface area contributed by atoms with E-state index in [0.29, 0.717) is 0 Å². The molecule has 5 rings (SSSR count). The highest BCUT2D eigenvalue weighted by atomic mass is 15.1. The predicted octanol–water partition coefficient (Wildman–Crippen LogP) is 7.94. The Morgan fingerprint density at radius 1 is 0.400 bits per heavy atom. The van der Waals surface area contributed by atoms with Gasteiger partial charge in [0.05, 0.1) is 0 Å². The SMILES string of the molecule is CN(c1cccc(-c2ccccc2)c1)c1ccc2cc(-c3ccccc3)ccc2c1. The summed E-state index contributed by atoms with van der Waals surface area (Å²) in [6.07, 6.45) is 0. The van der Waals surface area contributed by atoms with Crippen LogP contribution in [0.25, 0.3) is 33.0 Å². The third-order valence-corrected chi connectivity index (χ3v) is 5.66. The highest BCUT2D eigenvalue weighted by molar-refractivity contribution is 5.90. The predicted molar refractivity (Wildman–Crippen MR) is 129 cm³/mol. The van der Waals surface area contributed by atoms with Crippen LogP contribution in [0.4, 0.5) is 11.4 Å². The van der Waals surface area contributed by atoms with Crippen LogP contribution in [0.5, 0.6) is 0 Å². The number of fused-ring (bicyclic) bond motifs is 1. The van der Waals surface area contributed by atoms with Crippen molar-refractivity contribution >= 4 is 22.1 Å². The van der Waals surface area contributed by atoms with Crippen LogP contribution in [-0.2, 0) is 0 Å². The molecule has 0 saturated carbocycles. The normalized spacial score (nSPS) is 10.8. The van der Waals surface area contributed by atoms with Crippen molar-refractivity contribution in [2.75, 3.05) is 11.9 Å². The van der Waals surface area contributed by atoms with E-state index in [9.17, 15) is 0 Å². The van der Waals surface area contributed by atoms with E-state index in [-0.39, 0.29) is 0 Å². The Labute approximate surface area is 177 Å². The molecule has 1 heteroatoms. The third-order valence-electron chi connectivity index (χ3n) is 5.66. The van der Waals surface area contributed by atoms with Crippen LogP contribution in [0.2, 0.25) is 0 Å². The molecule has 0 unspecified atom stereocenters. The quantitative estimate of drug-likeness (QED) is 0.303. The van der Waals surface area contributed by atoms with E-state index in [4.69, 9.17) is 0 Å². The minimum Gasteiger partial charge on any atom is -0.345 e. The van der Waals surface area contributed by atoms with Crippen molar-refractivity contribution in [3.8, 4) is 22.3 Å². The smallest absolute Gasteiger partial charge is 0.0414 e. The fourth-order valence-electron chi connectivity index (χ4n) is 3.93. The Kier molecular flexibility index (Phi) is 4.78. The van der Waals surface area contributed by atoms with E-state index in [1.54, 1.807) is 0 Å². The number of anilines is 2. The molecule has 0 radical (unpaired) electrons. The number of hydrogen-bond donors (Lipinski definition) is 0. The Morgan fingerprint density at radius 2 is 0.933 bits per heavy atom. The van der Waals surface area contributed by atoms with Gasteiger partial charge in [0.2, 0.25) is 0 Å². The molecular formula is C29H23N. The molecular weight excluding hydrogens is 362 g/mol. The van der Waals surface area contributed by atoms with Gasteiger partial charge in [-0.05, 0) is 63.4 Å². The summed E-state index contributed by atoms with van der Waals surface area (Å²) in [6, 6.07) is 43.1. The summed E-state index contributed by atoms with van der Waals surface area (Å²) < 4.78 is 0. The van der Waals surface area contributed by atoms with Gasteiger partial charge >= 0.3 is 0 Å². The minimum absolute atomic E-state index is 1.18. The Morgan fingerprint density at radius 3 is 1.63 bits per heavy atom. The molecule has 5 aromatic carbocycles. The van der Waals surface area contributed by atoms with E-state index in [1.807, 2.05) is 0 Å². The summed E-state index contributed by atoms with van der Waals surface area (Å²) in [5.74, 6) is 0. The Bertz CT molecular complexity index is 1290. The Balaban J connectivity index is 1.47. The lowest BCUT2D eigenvalue weighted by molar-refractivity contribution is 1.21. The van der Waals surface area contributed by atoms with Crippen LogP contribution < -0.4 is 4.90 Å². The van der Waals surface area contributed by atoms with Gasteiger partial charge in [0.1, 0.15) is 0 Å². The van der Waals surface area contributed by atoms with Gasteiger partial charge in [0, 0.05) is 18.4 Å². The third kappa shape index (κ3) is 3.58. The maximum absolute atomic E-state index is 2.27. The lowest BCUT2D eigenvalue weighted by atomic mass is 10.0. The molecule has 5 aromatic rings. The van der Waals surface area contributed by atoms with Gasteiger partial charge in [-0.3, -0.25) is 0 Å². The van der Waals surface area contributed by atoms with Crippen molar-refractivity contribution < 1.29 is 0 Å². The summed E-state index contributed by atoms with van der Waals surface area (Å²) in [5, 5.41) is 2.50. The fraction of sp³-hybridized carbons (Fsp3) is 0.0345. The monoisotopic (exact) mass is 385 g/mol. The first-order chi connectivity index (χ1) is 14.8. The summed E-state index contributed by atoms with van der Waals surface area (Å²) >= 11 is 0. The van der Waals surface area contributed by atoms with Crippen LogP contribution in [0.3, 0.4) is 0 Å². The minimum atomic E-state index is 1.18. The zero-order chi connectivity index (χ0) is 20.3. The molecule has 0 aromatic heterocycles. The first kappa shape index (κ1) is 18.2. The molecule has 0 saturated heterocycles. The average molecular weight is 386 g/mol. The molecule has 0 fully saturated rings. The van der Waals surface area contributed by atoms with E-state index in [1.165, 1.54) is 44.4 Å². The maximum atomic E-state index is 2.27. The highest BCUT2D eigenvalue weighted by Gasteiger charge is 2.08. The van der Waals surface area contributed by atoms with Crippen molar-refractivity contribution in [2.45, 2.75) is 0 Å². The molecule has 0 N–H and O–H groups in total. The average Bonchev–Trinajstić information content (AvgIpc) is 2.84. The summed E-state index contributed by atoms with van der Waals surface area (Å²) in [5.41, 5.74) is 7.32. The van der Waals surface area contributed by atoms with E-state index < -0.39 is 0 Å². The van der Waals surface area contributed by atoms with Gasteiger partial charge < -0.3 is 4.90 Å². The summed E-state index contributed by atoms with van der Waals surface area (Å²) in [4.78, 5) is 2.25. The summed E-state index contributed by atoms with van der Waals surface area (Å²) in [7, 11) is 2.13. The zero-order valence-electron chi connectivity index (χ0n) is 17.0. The van der Waals surface area contributed by atoms with Gasteiger partial charge in [-0.2, -0.15) is 0 Å². The van der Waals surface area contributed by atoms with Crippen LogP contribution in [0, 0.1) is 0 Å². The first-order valence-electron chi connectivity index (χ1n) is 10.3. The molecule has 0 aliphatic heterocycles. The number of nitrogens with zero attached hydrogens (tertiary/aromatic N) is 1. The van der Waals surface area contributed by atoms with Gasteiger partial charge in [0.15, 0.2) is 0 Å². The zero-order valence-corrected chi connectivity index (χ0v) is 17.0. The van der Waals surface area contributed by atoms with Crippen molar-refractivity contribution in [3.63, 3.8) is 0 Å². The van der Waals surface area contributed by atoms with E-state index in [2.05, 4.69) is 133 Å². The Hall–Kier alpha value is -3.84. The molecule has 0 spiro atoms. The molecule has 144 valence electrons. The van der Waals surface area contributed by atoms with Crippen LogP contribution >= 0.6 is 0 Å². The topological polar surface area (TPSA) is 3.24 Å².